The average Bonchev–Trinajstić information content (AvgIpc) is 2.41. The van der Waals surface area contributed by atoms with Crippen LogP contribution in [-0.2, 0) is 14.3 Å². The number of ether oxygens (including phenoxy) is 2. The Bertz CT molecular complexity index is 453. The van der Waals surface area contributed by atoms with Gasteiger partial charge >= 0.3 is 0 Å². The quantitative estimate of drug-likeness (QED) is 0.543. The Morgan fingerprint density at radius 3 is 2.76 bits per heavy atom. The van der Waals surface area contributed by atoms with Gasteiger partial charge in [0.1, 0.15) is 5.82 Å². The van der Waals surface area contributed by atoms with E-state index in [1.54, 1.807) is 0 Å². The third-order valence-electron chi connectivity index (χ3n) is 2.65. The summed E-state index contributed by atoms with van der Waals surface area (Å²) >= 11 is 0. The van der Waals surface area contributed by atoms with Crippen LogP contribution in [0.15, 0.2) is 18.2 Å². The smallest absolute Gasteiger partial charge is 0.224 e. The zero-order chi connectivity index (χ0) is 15.7. The molecule has 0 saturated heterocycles. The van der Waals surface area contributed by atoms with Crippen molar-refractivity contribution in [3.63, 3.8) is 0 Å². The summed E-state index contributed by atoms with van der Waals surface area (Å²) in [5.41, 5.74) is 5.93. The predicted molar refractivity (Wildman–Crippen MR) is 80.6 cm³/mol. The van der Waals surface area contributed by atoms with Crippen LogP contribution in [0.3, 0.4) is 0 Å². The molecule has 0 radical (unpaired) electrons. The van der Waals surface area contributed by atoms with E-state index < -0.39 is 5.82 Å². The third-order valence-corrected chi connectivity index (χ3v) is 2.65. The Morgan fingerprint density at radius 1 is 1.33 bits per heavy atom. The lowest BCUT2D eigenvalue weighted by Gasteiger charge is -2.08. The van der Waals surface area contributed by atoms with Crippen molar-refractivity contribution in [3.05, 3.63) is 24.0 Å². The molecule has 0 aliphatic carbocycles. The molecule has 21 heavy (non-hydrogen) atoms. The van der Waals surface area contributed by atoms with Gasteiger partial charge in [0.15, 0.2) is 0 Å². The monoisotopic (exact) mass is 298 g/mol. The first-order valence-corrected chi connectivity index (χ1v) is 7.03. The summed E-state index contributed by atoms with van der Waals surface area (Å²) in [7, 11) is 0. The number of nitrogens with one attached hydrogen (secondary N) is 1. The molecule has 0 aliphatic heterocycles. The fourth-order valence-electron chi connectivity index (χ4n) is 1.62. The molecule has 0 saturated carbocycles. The van der Waals surface area contributed by atoms with Gasteiger partial charge in [0.2, 0.25) is 5.91 Å². The lowest BCUT2D eigenvalue weighted by molar-refractivity contribution is -0.116. The highest BCUT2D eigenvalue weighted by atomic mass is 19.1. The van der Waals surface area contributed by atoms with Gasteiger partial charge in [0, 0.05) is 18.7 Å². The summed E-state index contributed by atoms with van der Waals surface area (Å²) in [6, 6.07) is 4.10. The summed E-state index contributed by atoms with van der Waals surface area (Å²) < 4.78 is 23.6. The summed E-state index contributed by atoms with van der Waals surface area (Å²) in [6.45, 7) is 5.51. The Labute approximate surface area is 124 Å². The number of carbonyl (C=O) groups is 1. The molecule has 0 aromatic heterocycles. The Morgan fingerprint density at radius 2 is 2.10 bits per heavy atom. The minimum absolute atomic E-state index is 0.0151. The maximum absolute atomic E-state index is 13.0. The van der Waals surface area contributed by atoms with Crippen LogP contribution in [0.25, 0.3) is 0 Å². The maximum atomic E-state index is 13.0. The number of halogens is 1. The summed E-state index contributed by atoms with van der Waals surface area (Å²) in [5.74, 6) is -0.645. The lowest BCUT2D eigenvalue weighted by Crippen LogP contribution is -2.14. The zero-order valence-corrected chi connectivity index (χ0v) is 12.5. The zero-order valence-electron chi connectivity index (χ0n) is 12.5. The molecule has 0 unspecified atom stereocenters. The molecule has 1 amide bonds. The second kappa shape index (κ2) is 9.31. The SMILES string of the molecule is CC(C)OCCOCCCC(=O)Nc1ccc(F)c(N)c1. The number of amides is 1. The normalized spacial score (nSPS) is 10.9. The second-order valence-electron chi connectivity index (χ2n) is 4.92. The predicted octanol–water partition coefficient (Wildman–Crippen LogP) is 2.57. The van der Waals surface area contributed by atoms with Crippen LogP contribution < -0.4 is 11.1 Å². The highest BCUT2D eigenvalue weighted by Gasteiger charge is 2.04. The molecule has 0 heterocycles. The molecule has 1 aromatic carbocycles. The molecule has 0 atom stereocenters. The highest BCUT2D eigenvalue weighted by Crippen LogP contribution is 2.16. The van der Waals surface area contributed by atoms with Gasteiger partial charge in [0.05, 0.1) is 25.0 Å². The molecular formula is C15H23FN2O3. The van der Waals surface area contributed by atoms with Crippen molar-refractivity contribution in [1.29, 1.82) is 0 Å². The Hall–Kier alpha value is -1.66. The number of nitrogen functional groups attached to an aromatic ring is 1. The van der Waals surface area contributed by atoms with Gasteiger partial charge in [-0.15, -0.1) is 0 Å². The van der Waals surface area contributed by atoms with Crippen LogP contribution in [0.1, 0.15) is 26.7 Å². The topological polar surface area (TPSA) is 73.6 Å². The molecule has 6 heteroatoms. The van der Waals surface area contributed by atoms with E-state index in [9.17, 15) is 9.18 Å². The van der Waals surface area contributed by atoms with Gasteiger partial charge in [-0.25, -0.2) is 4.39 Å². The van der Waals surface area contributed by atoms with Crippen molar-refractivity contribution in [1.82, 2.24) is 0 Å². The van der Waals surface area contributed by atoms with Crippen molar-refractivity contribution in [2.45, 2.75) is 32.8 Å². The van der Waals surface area contributed by atoms with Crippen LogP contribution in [-0.4, -0.2) is 31.8 Å². The summed E-state index contributed by atoms with van der Waals surface area (Å²) in [4.78, 5) is 11.7. The molecule has 0 bridgehead atoms. The number of anilines is 2. The van der Waals surface area contributed by atoms with E-state index in [1.165, 1.54) is 18.2 Å². The molecule has 5 nitrogen and oxygen atoms in total. The van der Waals surface area contributed by atoms with Gasteiger partial charge < -0.3 is 20.5 Å². The maximum Gasteiger partial charge on any atom is 0.224 e. The molecule has 0 aliphatic rings. The first-order chi connectivity index (χ1) is 9.99. The van der Waals surface area contributed by atoms with Crippen molar-refractivity contribution in [2.24, 2.45) is 0 Å². The minimum Gasteiger partial charge on any atom is -0.396 e. The lowest BCUT2D eigenvalue weighted by atomic mass is 10.2. The molecule has 3 N–H and O–H groups in total. The molecule has 118 valence electrons. The number of hydrogen-bond acceptors (Lipinski definition) is 4. The fraction of sp³-hybridized carbons (Fsp3) is 0.533. The molecule has 0 spiro atoms. The van der Waals surface area contributed by atoms with E-state index in [0.29, 0.717) is 38.3 Å². The van der Waals surface area contributed by atoms with Crippen molar-refractivity contribution < 1.29 is 18.7 Å². The van der Waals surface area contributed by atoms with Crippen molar-refractivity contribution in [3.8, 4) is 0 Å². The van der Waals surface area contributed by atoms with Crippen LogP contribution in [0.2, 0.25) is 0 Å². The standard InChI is InChI=1S/C15H23FN2O3/c1-11(2)21-9-8-20-7-3-4-15(19)18-12-5-6-13(16)14(17)10-12/h5-6,10-11H,3-4,7-9,17H2,1-2H3,(H,18,19). The van der Waals surface area contributed by atoms with E-state index in [4.69, 9.17) is 15.2 Å². The average molecular weight is 298 g/mol. The van der Waals surface area contributed by atoms with Gasteiger partial charge in [-0.3, -0.25) is 4.79 Å². The van der Waals surface area contributed by atoms with E-state index in [1.807, 2.05) is 13.8 Å². The number of rotatable bonds is 9. The van der Waals surface area contributed by atoms with Crippen molar-refractivity contribution >= 4 is 17.3 Å². The van der Waals surface area contributed by atoms with Crippen molar-refractivity contribution in [2.75, 3.05) is 30.9 Å². The number of hydrogen-bond donors (Lipinski definition) is 2. The van der Waals surface area contributed by atoms with Gasteiger partial charge in [0.25, 0.3) is 0 Å². The second-order valence-corrected chi connectivity index (χ2v) is 4.92. The van der Waals surface area contributed by atoms with Crippen LogP contribution in [0.4, 0.5) is 15.8 Å². The fourth-order valence-corrected chi connectivity index (χ4v) is 1.62. The van der Waals surface area contributed by atoms with Gasteiger partial charge in [-0.1, -0.05) is 0 Å². The van der Waals surface area contributed by atoms with Gasteiger partial charge in [-0.2, -0.15) is 0 Å². The first kappa shape index (κ1) is 17.4. The number of benzene rings is 1. The van der Waals surface area contributed by atoms with Crippen LogP contribution in [0, 0.1) is 5.82 Å². The molecule has 1 rings (SSSR count). The minimum atomic E-state index is -0.495. The molecular weight excluding hydrogens is 275 g/mol. The largest absolute Gasteiger partial charge is 0.396 e. The number of nitrogens with two attached hydrogens (primary N) is 1. The Kier molecular flexibility index (Phi) is 7.71. The van der Waals surface area contributed by atoms with Crippen LogP contribution >= 0.6 is 0 Å². The van der Waals surface area contributed by atoms with Gasteiger partial charge in [-0.05, 0) is 38.5 Å². The van der Waals surface area contributed by atoms with E-state index in [2.05, 4.69) is 5.32 Å². The molecule has 1 aromatic rings. The highest BCUT2D eigenvalue weighted by molar-refractivity contribution is 5.91. The van der Waals surface area contributed by atoms with E-state index >= 15 is 0 Å². The van der Waals surface area contributed by atoms with E-state index in [0.717, 1.165) is 0 Å². The third kappa shape index (κ3) is 7.63. The Balaban J connectivity index is 2.12. The summed E-state index contributed by atoms with van der Waals surface area (Å²) in [5, 5.41) is 2.66. The first-order valence-electron chi connectivity index (χ1n) is 7.03. The molecule has 0 fully saturated rings. The van der Waals surface area contributed by atoms with Crippen LogP contribution in [0.5, 0.6) is 0 Å². The summed E-state index contributed by atoms with van der Waals surface area (Å²) in [6.07, 6.45) is 1.15. The number of carbonyl (C=O) groups excluding carboxylic acids is 1. The van der Waals surface area contributed by atoms with E-state index in [-0.39, 0.29) is 17.7 Å².